The summed E-state index contributed by atoms with van der Waals surface area (Å²) in [5, 5.41) is 6.87. The van der Waals surface area contributed by atoms with Crippen molar-refractivity contribution in [2.75, 3.05) is 19.6 Å². The maximum Gasteiger partial charge on any atom is 0.0897 e. The Kier molecular flexibility index (Phi) is 3.87. The van der Waals surface area contributed by atoms with Gasteiger partial charge in [0.05, 0.1) is 16.2 Å². The first kappa shape index (κ1) is 13.7. The fraction of sp³-hybridized carbons (Fsp3) is 0.438. The Morgan fingerprint density at radius 2 is 2.15 bits per heavy atom. The van der Waals surface area contributed by atoms with Crippen molar-refractivity contribution >= 4 is 11.3 Å². The number of thiazole rings is 1. The van der Waals surface area contributed by atoms with Crippen LogP contribution in [0.1, 0.15) is 23.2 Å². The molecule has 1 aliphatic rings. The Morgan fingerprint density at radius 3 is 2.85 bits per heavy atom. The Bertz CT molecular complexity index is 566. The van der Waals surface area contributed by atoms with E-state index in [9.17, 15) is 0 Å². The number of piperazine rings is 1. The maximum absolute atomic E-state index is 4.62. The second-order valence-corrected chi connectivity index (χ2v) is 6.66. The predicted molar refractivity (Wildman–Crippen MR) is 83.9 cm³/mol. The summed E-state index contributed by atoms with van der Waals surface area (Å²) < 4.78 is 0. The highest BCUT2D eigenvalue weighted by Crippen LogP contribution is 2.30. The molecule has 0 bridgehead atoms. The molecule has 1 N–H and O–H groups in total. The van der Waals surface area contributed by atoms with Crippen LogP contribution in [0.3, 0.4) is 0 Å². The SMILES string of the molecule is Cc1nc(CN2CCNCC2(C)c2ccccc2)cs1. The average Bonchev–Trinajstić information content (AvgIpc) is 2.88. The van der Waals surface area contributed by atoms with Crippen LogP contribution in [0.15, 0.2) is 35.7 Å². The highest BCUT2D eigenvalue weighted by Gasteiger charge is 2.36. The Hall–Kier alpha value is -1.23. The standard InChI is InChI=1S/C16H21N3S/c1-13-18-15(11-20-13)10-19-9-8-17-12-16(19,2)14-6-4-3-5-7-14/h3-7,11,17H,8-10,12H2,1-2H3. The van der Waals surface area contributed by atoms with Crippen LogP contribution < -0.4 is 5.32 Å². The fourth-order valence-corrected chi connectivity index (χ4v) is 3.52. The summed E-state index contributed by atoms with van der Waals surface area (Å²) in [6.07, 6.45) is 0. The van der Waals surface area contributed by atoms with Gasteiger partial charge in [-0.05, 0) is 19.4 Å². The van der Waals surface area contributed by atoms with Crippen LogP contribution in [0.5, 0.6) is 0 Å². The van der Waals surface area contributed by atoms with E-state index in [-0.39, 0.29) is 5.54 Å². The zero-order valence-electron chi connectivity index (χ0n) is 12.1. The van der Waals surface area contributed by atoms with Gasteiger partial charge in [0.1, 0.15) is 0 Å². The predicted octanol–water partition coefficient (Wildman–Crippen LogP) is 2.77. The number of aryl methyl sites for hydroxylation is 1. The molecule has 1 unspecified atom stereocenters. The lowest BCUT2D eigenvalue weighted by atomic mass is 9.88. The van der Waals surface area contributed by atoms with Crippen molar-refractivity contribution in [3.8, 4) is 0 Å². The Balaban J connectivity index is 1.87. The van der Waals surface area contributed by atoms with Gasteiger partial charge < -0.3 is 5.32 Å². The largest absolute Gasteiger partial charge is 0.313 e. The van der Waals surface area contributed by atoms with Crippen molar-refractivity contribution in [1.82, 2.24) is 15.2 Å². The number of hydrogen-bond donors (Lipinski definition) is 1. The van der Waals surface area contributed by atoms with Gasteiger partial charge in [0.2, 0.25) is 0 Å². The molecule has 3 rings (SSSR count). The Labute approximate surface area is 124 Å². The van der Waals surface area contributed by atoms with E-state index >= 15 is 0 Å². The van der Waals surface area contributed by atoms with Crippen molar-refractivity contribution < 1.29 is 0 Å². The van der Waals surface area contributed by atoms with Gasteiger partial charge in [0.25, 0.3) is 0 Å². The maximum atomic E-state index is 4.62. The molecule has 4 heteroatoms. The van der Waals surface area contributed by atoms with E-state index < -0.39 is 0 Å². The first-order chi connectivity index (χ1) is 9.68. The first-order valence-electron chi connectivity index (χ1n) is 7.11. The first-order valence-corrected chi connectivity index (χ1v) is 7.99. The number of nitrogens with one attached hydrogen (secondary N) is 1. The van der Waals surface area contributed by atoms with Crippen molar-refractivity contribution in [2.24, 2.45) is 0 Å². The van der Waals surface area contributed by atoms with Crippen LogP contribution in [0, 0.1) is 6.92 Å². The van der Waals surface area contributed by atoms with Gasteiger partial charge in [0.15, 0.2) is 0 Å². The molecule has 3 nitrogen and oxygen atoms in total. The summed E-state index contributed by atoms with van der Waals surface area (Å²) in [5.41, 5.74) is 2.60. The summed E-state index contributed by atoms with van der Waals surface area (Å²) in [7, 11) is 0. The van der Waals surface area contributed by atoms with Crippen molar-refractivity contribution in [2.45, 2.75) is 25.9 Å². The normalized spacial score (nSPS) is 23.9. The van der Waals surface area contributed by atoms with E-state index in [0.29, 0.717) is 0 Å². The van der Waals surface area contributed by atoms with Gasteiger partial charge in [-0.15, -0.1) is 11.3 Å². The van der Waals surface area contributed by atoms with E-state index in [4.69, 9.17) is 0 Å². The molecule has 1 aliphatic heterocycles. The number of benzene rings is 1. The molecular weight excluding hydrogens is 266 g/mol. The molecule has 0 amide bonds. The van der Waals surface area contributed by atoms with Gasteiger partial charge in [-0.25, -0.2) is 4.98 Å². The third-order valence-electron chi connectivity index (χ3n) is 4.14. The average molecular weight is 287 g/mol. The summed E-state index contributed by atoms with van der Waals surface area (Å²) in [5.74, 6) is 0. The zero-order chi connectivity index (χ0) is 14.0. The van der Waals surface area contributed by atoms with Crippen LogP contribution in [-0.2, 0) is 12.1 Å². The van der Waals surface area contributed by atoms with Crippen LogP contribution in [0.25, 0.3) is 0 Å². The van der Waals surface area contributed by atoms with Gasteiger partial charge in [-0.2, -0.15) is 0 Å². The molecule has 20 heavy (non-hydrogen) atoms. The topological polar surface area (TPSA) is 28.2 Å². The summed E-state index contributed by atoms with van der Waals surface area (Å²) in [6, 6.07) is 10.8. The summed E-state index contributed by atoms with van der Waals surface area (Å²) >= 11 is 1.74. The molecule has 2 aromatic rings. The molecule has 0 spiro atoms. The van der Waals surface area contributed by atoms with Crippen LogP contribution >= 0.6 is 11.3 Å². The second-order valence-electron chi connectivity index (χ2n) is 5.60. The van der Waals surface area contributed by atoms with Gasteiger partial charge >= 0.3 is 0 Å². The molecule has 0 aliphatic carbocycles. The van der Waals surface area contributed by atoms with Crippen molar-refractivity contribution in [1.29, 1.82) is 0 Å². The van der Waals surface area contributed by atoms with Crippen molar-refractivity contribution in [3.63, 3.8) is 0 Å². The molecule has 2 heterocycles. The van der Waals surface area contributed by atoms with E-state index in [1.165, 1.54) is 11.3 Å². The van der Waals surface area contributed by atoms with Crippen LogP contribution in [0.4, 0.5) is 0 Å². The third kappa shape index (κ3) is 2.64. The van der Waals surface area contributed by atoms with Crippen LogP contribution in [-0.4, -0.2) is 29.5 Å². The quantitative estimate of drug-likeness (QED) is 0.941. The second kappa shape index (κ2) is 5.64. The molecule has 1 aromatic heterocycles. The molecule has 106 valence electrons. The number of aromatic nitrogens is 1. The lowest BCUT2D eigenvalue weighted by molar-refractivity contribution is 0.0639. The highest BCUT2D eigenvalue weighted by molar-refractivity contribution is 7.09. The smallest absolute Gasteiger partial charge is 0.0897 e. The van der Waals surface area contributed by atoms with Gasteiger partial charge in [0, 0.05) is 31.6 Å². The van der Waals surface area contributed by atoms with Gasteiger partial charge in [-0.1, -0.05) is 30.3 Å². The summed E-state index contributed by atoms with van der Waals surface area (Å²) in [4.78, 5) is 7.17. The zero-order valence-corrected chi connectivity index (χ0v) is 12.9. The van der Waals surface area contributed by atoms with E-state index in [0.717, 1.165) is 31.2 Å². The van der Waals surface area contributed by atoms with Crippen LogP contribution in [0.2, 0.25) is 0 Å². The fourth-order valence-electron chi connectivity index (χ4n) is 2.92. The van der Waals surface area contributed by atoms with E-state index in [2.05, 4.69) is 64.8 Å². The van der Waals surface area contributed by atoms with E-state index in [1.807, 2.05) is 0 Å². The minimum atomic E-state index is 0.0387. The lowest BCUT2D eigenvalue weighted by Crippen LogP contribution is -2.56. The molecule has 0 saturated carbocycles. The number of nitrogens with zero attached hydrogens (tertiary/aromatic N) is 2. The minimum Gasteiger partial charge on any atom is -0.313 e. The van der Waals surface area contributed by atoms with Crippen molar-refractivity contribution in [3.05, 3.63) is 52.0 Å². The molecule has 1 fully saturated rings. The monoisotopic (exact) mass is 287 g/mol. The van der Waals surface area contributed by atoms with E-state index in [1.54, 1.807) is 11.3 Å². The molecule has 0 radical (unpaired) electrons. The minimum absolute atomic E-state index is 0.0387. The molecular formula is C16H21N3S. The number of rotatable bonds is 3. The summed E-state index contributed by atoms with van der Waals surface area (Å²) in [6.45, 7) is 8.42. The van der Waals surface area contributed by atoms with Gasteiger partial charge in [-0.3, -0.25) is 4.90 Å². The molecule has 1 saturated heterocycles. The Morgan fingerprint density at radius 1 is 1.35 bits per heavy atom. The highest BCUT2D eigenvalue weighted by atomic mass is 32.1. The molecule has 1 atom stereocenters. The molecule has 1 aromatic carbocycles. The number of hydrogen-bond acceptors (Lipinski definition) is 4. The third-order valence-corrected chi connectivity index (χ3v) is 4.96. The lowest BCUT2D eigenvalue weighted by Gasteiger charge is -2.45.